The van der Waals surface area contributed by atoms with Crippen molar-refractivity contribution in [2.75, 3.05) is 6.61 Å². The van der Waals surface area contributed by atoms with E-state index in [1.54, 1.807) is 32.0 Å². The lowest BCUT2D eigenvalue weighted by atomic mass is 9.98. The molecule has 2 heterocycles. The lowest BCUT2D eigenvalue weighted by Crippen LogP contribution is -2.43. The van der Waals surface area contributed by atoms with Crippen LogP contribution in [0.25, 0.3) is 0 Å². The van der Waals surface area contributed by atoms with Gasteiger partial charge in [0.25, 0.3) is 5.56 Å². The minimum absolute atomic E-state index is 0.123. The first-order valence-electron chi connectivity index (χ1n) is 11.3. The van der Waals surface area contributed by atoms with E-state index in [1.165, 1.54) is 19.1 Å². The van der Waals surface area contributed by atoms with Gasteiger partial charge in [-0.1, -0.05) is 18.2 Å². The van der Waals surface area contributed by atoms with Crippen LogP contribution in [0.15, 0.2) is 52.2 Å². The van der Waals surface area contributed by atoms with Crippen LogP contribution in [-0.2, 0) is 28.4 Å². The number of aliphatic hydroxyl groups excluding tert-OH is 1. The molecule has 0 radical (unpaired) electrons. The summed E-state index contributed by atoms with van der Waals surface area (Å²) in [5.74, 6) is -0.793. The van der Waals surface area contributed by atoms with E-state index in [9.17, 15) is 24.1 Å². The molecule has 1 aromatic carbocycles. The number of carbonyl (C=O) groups excluding carboxylic acids is 1. The van der Waals surface area contributed by atoms with Gasteiger partial charge < -0.3 is 14.4 Å². The Morgan fingerprint density at radius 2 is 1.95 bits per heavy atom. The first-order valence-corrected chi connectivity index (χ1v) is 12.8. The van der Waals surface area contributed by atoms with Gasteiger partial charge in [0.15, 0.2) is 11.9 Å². The van der Waals surface area contributed by atoms with Crippen LogP contribution in [0.2, 0.25) is 0 Å². The van der Waals surface area contributed by atoms with E-state index in [0.29, 0.717) is 0 Å². The van der Waals surface area contributed by atoms with Gasteiger partial charge in [-0.3, -0.25) is 23.8 Å². The number of nitrogens with one attached hydrogen (secondary N) is 2. The Bertz CT molecular complexity index is 1230. The number of alkyl halides is 1. The summed E-state index contributed by atoms with van der Waals surface area (Å²) in [5, 5.41) is 13.0. The lowest BCUT2D eigenvalue weighted by Gasteiger charge is -2.25. The molecule has 204 valence electrons. The number of halogens is 1. The highest BCUT2D eigenvalue weighted by atomic mass is 31.2. The minimum Gasteiger partial charge on any atom is -0.413 e. The number of rotatable bonds is 11. The number of aliphatic hydroxyl groups is 1. The van der Waals surface area contributed by atoms with E-state index >= 15 is 4.39 Å². The van der Waals surface area contributed by atoms with Crippen LogP contribution in [0.3, 0.4) is 0 Å². The molecule has 3 rings (SSSR count). The molecule has 1 unspecified atom stereocenters. The molecule has 1 fully saturated rings. The van der Waals surface area contributed by atoms with E-state index < -0.39 is 67.8 Å². The molecule has 1 aliphatic rings. The topological polar surface area (TPSA) is 167 Å². The molecule has 0 amide bonds. The highest BCUT2D eigenvalue weighted by molar-refractivity contribution is 7.52. The number of H-pyrrole nitrogens is 1. The number of hydrogen-bond donors (Lipinski definition) is 3. The number of ether oxygens (including phenoxy) is 1. The maximum atomic E-state index is 15.4. The third-order valence-corrected chi connectivity index (χ3v) is 6.87. The van der Waals surface area contributed by atoms with Crippen LogP contribution in [0.5, 0.6) is 5.75 Å². The molecule has 15 heteroatoms. The average molecular weight is 545 g/mol. The molecule has 1 aliphatic heterocycles. The van der Waals surface area contributed by atoms with E-state index in [2.05, 4.69) is 9.97 Å². The van der Waals surface area contributed by atoms with E-state index in [1.807, 2.05) is 4.98 Å². The molecule has 6 atom stereocenters. The molecule has 3 N–H and O–H groups in total. The van der Waals surface area contributed by atoms with Crippen molar-refractivity contribution in [3.8, 4) is 5.75 Å². The van der Waals surface area contributed by atoms with Crippen LogP contribution < -0.4 is 20.9 Å². The van der Waals surface area contributed by atoms with Crippen LogP contribution >= 0.6 is 7.75 Å². The molecule has 0 aliphatic carbocycles. The number of para-hydroxylation sites is 1. The second-order valence-corrected chi connectivity index (χ2v) is 10.4. The fourth-order valence-electron chi connectivity index (χ4n) is 3.35. The molecule has 37 heavy (non-hydrogen) atoms. The maximum absolute atomic E-state index is 15.4. The summed E-state index contributed by atoms with van der Waals surface area (Å²) in [5.41, 5.74) is -4.15. The van der Waals surface area contributed by atoms with E-state index in [4.69, 9.17) is 18.7 Å². The first kappa shape index (κ1) is 28.7. The van der Waals surface area contributed by atoms with E-state index in [0.717, 1.165) is 23.8 Å². The summed E-state index contributed by atoms with van der Waals surface area (Å²) < 4.78 is 46.3. The smallest absolute Gasteiger partial charge is 0.413 e. The second-order valence-electron chi connectivity index (χ2n) is 8.74. The van der Waals surface area contributed by atoms with Gasteiger partial charge in [0.2, 0.25) is 0 Å². The number of hydrogen-bond acceptors (Lipinski definition) is 10. The zero-order valence-corrected chi connectivity index (χ0v) is 21.4. The van der Waals surface area contributed by atoms with Crippen molar-refractivity contribution in [3.63, 3.8) is 0 Å². The van der Waals surface area contributed by atoms with Gasteiger partial charge in [-0.2, -0.15) is 9.97 Å². The largest absolute Gasteiger partial charge is 0.459 e. The number of carbonyl (C=O) groups is 1. The predicted octanol–water partition coefficient (Wildman–Crippen LogP) is 1.59. The summed E-state index contributed by atoms with van der Waals surface area (Å²) in [6, 6.07) is 7.64. The minimum atomic E-state index is -4.36. The third-order valence-electron chi connectivity index (χ3n) is 5.23. The molecule has 2 aromatic rings. The number of aromatic nitrogens is 2. The number of aromatic amines is 1. The van der Waals surface area contributed by atoms with Crippen molar-refractivity contribution >= 4 is 13.7 Å². The number of nitrogens with zero attached hydrogens (tertiary/aromatic N) is 1. The van der Waals surface area contributed by atoms with Gasteiger partial charge in [-0.05, 0) is 39.8 Å². The summed E-state index contributed by atoms with van der Waals surface area (Å²) in [6.45, 7) is 4.94. The van der Waals surface area contributed by atoms with Gasteiger partial charge in [-0.15, -0.1) is 0 Å². The van der Waals surface area contributed by atoms with Gasteiger partial charge in [0, 0.05) is 12.3 Å². The fourth-order valence-corrected chi connectivity index (χ4v) is 4.85. The first-order chi connectivity index (χ1) is 17.3. The van der Waals surface area contributed by atoms with Crippen molar-refractivity contribution < 1.29 is 42.4 Å². The SMILES string of the molecule is CC(C)OOC(=O)[C@H](C)NP(=O)(OC[C@H]1O[C@@H](n2ccc(=O)[nH]c2=O)[C@](C)(F)[C@@H]1O)Oc1ccccc1. The molecule has 1 aromatic heterocycles. The Kier molecular flexibility index (Phi) is 9.05. The maximum Gasteiger partial charge on any atom is 0.459 e. The zero-order valence-electron chi connectivity index (χ0n) is 20.5. The summed E-state index contributed by atoms with van der Waals surface area (Å²) >= 11 is 0. The van der Waals surface area contributed by atoms with Crippen LogP contribution in [0.1, 0.15) is 33.9 Å². The van der Waals surface area contributed by atoms with Crippen molar-refractivity contribution in [2.24, 2.45) is 0 Å². The van der Waals surface area contributed by atoms with Gasteiger partial charge in [-0.25, -0.2) is 18.5 Å². The predicted molar refractivity (Wildman–Crippen MR) is 126 cm³/mol. The highest BCUT2D eigenvalue weighted by Crippen LogP contribution is 2.47. The Morgan fingerprint density at radius 3 is 2.57 bits per heavy atom. The quantitative estimate of drug-likeness (QED) is 0.213. The van der Waals surface area contributed by atoms with Crippen LogP contribution in [0.4, 0.5) is 4.39 Å². The van der Waals surface area contributed by atoms with E-state index in [-0.39, 0.29) is 5.75 Å². The van der Waals surface area contributed by atoms with Crippen LogP contribution in [-0.4, -0.2) is 57.3 Å². The molecule has 13 nitrogen and oxygen atoms in total. The Hall–Kier alpha value is -2.87. The summed E-state index contributed by atoms with van der Waals surface area (Å²) in [4.78, 5) is 47.2. The summed E-state index contributed by atoms with van der Waals surface area (Å²) in [7, 11) is -4.36. The van der Waals surface area contributed by atoms with Gasteiger partial charge >= 0.3 is 19.4 Å². The molecular formula is C22H29FN3O10P. The average Bonchev–Trinajstić information content (AvgIpc) is 3.05. The third kappa shape index (κ3) is 7.12. The van der Waals surface area contributed by atoms with Crippen LogP contribution in [0, 0.1) is 0 Å². The molecule has 0 spiro atoms. The molecule has 1 saturated heterocycles. The van der Waals surface area contributed by atoms with Crippen molar-refractivity contribution in [1.29, 1.82) is 0 Å². The highest BCUT2D eigenvalue weighted by Gasteiger charge is 2.55. The molecule has 0 bridgehead atoms. The van der Waals surface area contributed by atoms with Crippen molar-refractivity contribution in [3.05, 3.63) is 63.4 Å². The Balaban J connectivity index is 1.78. The standard InChI is InChI=1S/C22H29FN3O10P/c1-13(2)34-35-19(29)14(3)25-37(31,36-15-8-6-5-7-9-15)32-12-16-18(28)22(4,23)20(33-16)26-11-10-17(27)24-21(26)30/h5-11,13-14,16,18,20,28H,12H2,1-4H3,(H,25,31)(H,24,27,30)/t14-,16+,18+,20+,22+,37?/m0/s1. The molecular weight excluding hydrogens is 516 g/mol. The molecule has 0 saturated carbocycles. The zero-order chi connectivity index (χ0) is 27.4. The number of benzene rings is 1. The van der Waals surface area contributed by atoms with Crippen molar-refractivity contribution in [2.45, 2.75) is 63.9 Å². The van der Waals surface area contributed by atoms with Crippen molar-refractivity contribution in [1.82, 2.24) is 14.6 Å². The fraction of sp³-hybridized carbons (Fsp3) is 0.500. The Morgan fingerprint density at radius 1 is 1.27 bits per heavy atom. The lowest BCUT2D eigenvalue weighted by molar-refractivity contribution is -0.292. The second kappa shape index (κ2) is 11.7. The Labute approximate surface area is 211 Å². The van der Waals surface area contributed by atoms with Gasteiger partial charge in [0.05, 0.1) is 12.7 Å². The van der Waals surface area contributed by atoms with Gasteiger partial charge in [0.1, 0.15) is 24.0 Å². The monoisotopic (exact) mass is 545 g/mol. The summed E-state index contributed by atoms with van der Waals surface area (Å²) in [6.07, 6.45) is -4.27. The normalized spacial score (nSPS) is 26.0.